The fourth-order valence-corrected chi connectivity index (χ4v) is 2.66. The van der Waals surface area contributed by atoms with Gasteiger partial charge in [0.2, 0.25) is 17.7 Å². The van der Waals surface area contributed by atoms with Crippen molar-refractivity contribution < 1.29 is 9.53 Å². The quantitative estimate of drug-likeness (QED) is 0.776. The van der Waals surface area contributed by atoms with Gasteiger partial charge in [-0.2, -0.15) is 0 Å². The van der Waals surface area contributed by atoms with Gasteiger partial charge < -0.3 is 4.74 Å². The van der Waals surface area contributed by atoms with Crippen molar-refractivity contribution in [2.45, 2.75) is 34.1 Å². The molecule has 0 saturated carbocycles. The molecule has 0 unspecified atom stereocenters. The van der Waals surface area contributed by atoms with Crippen LogP contribution in [-0.2, 0) is 4.79 Å². The third-order valence-corrected chi connectivity index (χ3v) is 3.77. The number of pyridine rings is 2. The molecule has 26 heavy (non-hydrogen) atoms. The first kappa shape index (κ1) is 17.8. The van der Waals surface area contributed by atoms with E-state index in [2.05, 4.69) is 20.3 Å². The summed E-state index contributed by atoms with van der Waals surface area (Å²) in [5.74, 6) is 0.854. The average molecular weight is 353 g/mol. The summed E-state index contributed by atoms with van der Waals surface area (Å²) in [6, 6.07) is 7.41. The van der Waals surface area contributed by atoms with Gasteiger partial charge in [-0.1, -0.05) is 20.8 Å². The topological polar surface area (TPSA) is 81.9 Å². The molecular formula is C19H23N5O2. The number of hydrogen-bond donors (Lipinski definition) is 1. The van der Waals surface area contributed by atoms with Crippen molar-refractivity contribution in [3.05, 3.63) is 36.2 Å². The van der Waals surface area contributed by atoms with Gasteiger partial charge >= 0.3 is 0 Å². The number of carbonyl (C=O) groups is 1. The highest BCUT2D eigenvalue weighted by atomic mass is 16.5. The van der Waals surface area contributed by atoms with Crippen LogP contribution in [0.1, 0.15) is 32.9 Å². The lowest BCUT2D eigenvalue weighted by atomic mass is 9.92. The van der Waals surface area contributed by atoms with Crippen LogP contribution in [0.5, 0.6) is 5.88 Å². The second kappa shape index (κ2) is 6.74. The zero-order chi connectivity index (χ0) is 18.9. The second-order valence-electron chi connectivity index (χ2n) is 7.41. The summed E-state index contributed by atoms with van der Waals surface area (Å²) in [5.41, 5.74) is 2.88. The molecule has 3 rings (SSSR count). The van der Waals surface area contributed by atoms with Crippen molar-refractivity contribution in [3.63, 3.8) is 0 Å². The van der Waals surface area contributed by atoms with Crippen molar-refractivity contribution in [2.24, 2.45) is 5.41 Å². The maximum Gasteiger partial charge on any atom is 0.227 e. The Morgan fingerprint density at radius 1 is 1.19 bits per heavy atom. The molecular weight excluding hydrogens is 330 g/mol. The van der Waals surface area contributed by atoms with E-state index in [0.29, 0.717) is 29.4 Å². The molecule has 0 aromatic carbocycles. The molecule has 7 nitrogen and oxygen atoms in total. The molecule has 0 atom stereocenters. The van der Waals surface area contributed by atoms with E-state index in [1.54, 1.807) is 23.9 Å². The summed E-state index contributed by atoms with van der Waals surface area (Å²) in [5, 5.41) is 2.92. The van der Waals surface area contributed by atoms with Crippen LogP contribution in [0.4, 0.5) is 5.95 Å². The first-order valence-electron chi connectivity index (χ1n) is 8.43. The van der Waals surface area contributed by atoms with Crippen LogP contribution in [0.3, 0.4) is 0 Å². The third-order valence-electron chi connectivity index (χ3n) is 3.77. The van der Waals surface area contributed by atoms with Gasteiger partial charge in [-0.3, -0.25) is 14.7 Å². The Morgan fingerprint density at radius 3 is 2.58 bits per heavy atom. The van der Waals surface area contributed by atoms with Crippen LogP contribution in [0, 0.1) is 12.3 Å². The Kier molecular flexibility index (Phi) is 4.63. The fraction of sp³-hybridized carbons (Fsp3) is 0.368. The highest BCUT2D eigenvalue weighted by Gasteiger charge is 2.20. The van der Waals surface area contributed by atoms with E-state index in [1.165, 1.54) is 0 Å². The van der Waals surface area contributed by atoms with Gasteiger partial charge in [0, 0.05) is 18.2 Å². The SMILES string of the molecule is COc1ccc(-n2c(NC(=O)CC(C)(C)C)nc3ccc(C)nc32)cn1. The summed E-state index contributed by atoms with van der Waals surface area (Å²) in [7, 11) is 1.57. The molecule has 3 aromatic rings. The van der Waals surface area contributed by atoms with Gasteiger partial charge in [0.25, 0.3) is 0 Å². The third kappa shape index (κ3) is 3.82. The standard InChI is InChI=1S/C19H23N5O2/c1-12-6-8-14-17(21-12)24(13-7-9-16(26-5)20-11-13)18(22-14)23-15(25)10-19(2,3)4/h6-9,11H,10H2,1-5H3,(H,22,23,25). The van der Waals surface area contributed by atoms with Crippen molar-refractivity contribution in [3.8, 4) is 11.6 Å². The van der Waals surface area contributed by atoms with Gasteiger partial charge in [-0.05, 0) is 30.5 Å². The molecule has 1 N–H and O–H groups in total. The van der Waals surface area contributed by atoms with E-state index in [-0.39, 0.29) is 11.3 Å². The van der Waals surface area contributed by atoms with Crippen molar-refractivity contribution >= 4 is 23.0 Å². The number of aromatic nitrogens is 4. The lowest BCUT2D eigenvalue weighted by molar-refractivity contribution is -0.117. The summed E-state index contributed by atoms with van der Waals surface area (Å²) in [4.78, 5) is 25.8. The summed E-state index contributed by atoms with van der Waals surface area (Å²) >= 11 is 0. The fourth-order valence-electron chi connectivity index (χ4n) is 2.66. The number of hydrogen-bond acceptors (Lipinski definition) is 5. The molecule has 0 radical (unpaired) electrons. The van der Waals surface area contributed by atoms with Crippen LogP contribution in [0.25, 0.3) is 16.9 Å². The van der Waals surface area contributed by atoms with E-state index >= 15 is 0 Å². The minimum atomic E-state index is -0.114. The maximum atomic E-state index is 12.4. The van der Waals surface area contributed by atoms with Crippen LogP contribution in [0.2, 0.25) is 0 Å². The predicted octanol–water partition coefficient (Wildman–Crippen LogP) is 3.51. The number of methoxy groups -OCH3 is 1. The summed E-state index contributed by atoms with van der Waals surface area (Å²) in [6.07, 6.45) is 2.06. The first-order chi connectivity index (χ1) is 12.3. The Balaban J connectivity index is 2.08. The van der Waals surface area contributed by atoms with E-state index in [9.17, 15) is 4.79 Å². The largest absolute Gasteiger partial charge is 0.481 e. The minimum absolute atomic E-state index is 0.0905. The number of nitrogens with one attached hydrogen (secondary N) is 1. The Morgan fingerprint density at radius 2 is 1.96 bits per heavy atom. The molecule has 7 heteroatoms. The van der Waals surface area contributed by atoms with Crippen molar-refractivity contribution in [1.29, 1.82) is 0 Å². The number of nitrogens with zero attached hydrogens (tertiary/aromatic N) is 4. The Hall–Kier alpha value is -2.96. The number of aryl methyl sites for hydroxylation is 1. The van der Waals surface area contributed by atoms with Crippen molar-refractivity contribution in [1.82, 2.24) is 19.5 Å². The zero-order valence-electron chi connectivity index (χ0n) is 15.7. The maximum absolute atomic E-state index is 12.4. The van der Waals surface area contributed by atoms with Gasteiger partial charge in [-0.25, -0.2) is 15.0 Å². The van der Waals surface area contributed by atoms with Gasteiger partial charge in [0.05, 0.1) is 19.0 Å². The molecule has 3 heterocycles. The summed E-state index contributed by atoms with van der Waals surface area (Å²) in [6.45, 7) is 7.98. The molecule has 0 saturated heterocycles. The Labute approximate surface area is 152 Å². The number of imidazole rings is 1. The molecule has 0 bridgehead atoms. The lowest BCUT2D eigenvalue weighted by Gasteiger charge is -2.17. The van der Waals surface area contributed by atoms with E-state index in [0.717, 1.165) is 11.4 Å². The number of rotatable bonds is 4. The van der Waals surface area contributed by atoms with Crippen LogP contribution in [0.15, 0.2) is 30.5 Å². The highest BCUT2D eigenvalue weighted by Crippen LogP contribution is 2.25. The monoisotopic (exact) mass is 353 g/mol. The minimum Gasteiger partial charge on any atom is -0.481 e. The number of amides is 1. The van der Waals surface area contributed by atoms with Crippen LogP contribution < -0.4 is 10.1 Å². The number of anilines is 1. The summed E-state index contributed by atoms with van der Waals surface area (Å²) < 4.78 is 6.92. The zero-order valence-corrected chi connectivity index (χ0v) is 15.7. The van der Waals surface area contributed by atoms with Gasteiger partial charge in [-0.15, -0.1) is 0 Å². The van der Waals surface area contributed by atoms with E-state index in [1.807, 2.05) is 45.9 Å². The van der Waals surface area contributed by atoms with Crippen LogP contribution >= 0.6 is 0 Å². The molecule has 0 aliphatic heterocycles. The normalized spacial score (nSPS) is 11.6. The number of fused-ring (bicyclic) bond motifs is 1. The Bertz CT molecular complexity index is 939. The van der Waals surface area contributed by atoms with Crippen molar-refractivity contribution in [2.75, 3.05) is 12.4 Å². The first-order valence-corrected chi connectivity index (χ1v) is 8.43. The smallest absolute Gasteiger partial charge is 0.227 e. The molecule has 3 aromatic heterocycles. The van der Waals surface area contributed by atoms with E-state index in [4.69, 9.17) is 4.74 Å². The van der Waals surface area contributed by atoms with E-state index < -0.39 is 0 Å². The molecule has 0 spiro atoms. The molecule has 0 aliphatic rings. The molecule has 0 fully saturated rings. The average Bonchev–Trinajstić information content (AvgIpc) is 2.90. The molecule has 0 aliphatic carbocycles. The van der Waals surface area contributed by atoms with Gasteiger partial charge in [0.15, 0.2) is 5.65 Å². The molecule has 1 amide bonds. The second-order valence-corrected chi connectivity index (χ2v) is 7.41. The predicted molar refractivity (Wildman–Crippen MR) is 101 cm³/mol. The van der Waals surface area contributed by atoms with Gasteiger partial charge in [0.1, 0.15) is 5.52 Å². The lowest BCUT2D eigenvalue weighted by Crippen LogP contribution is -2.21. The number of ether oxygens (including phenoxy) is 1. The van der Waals surface area contributed by atoms with Crippen LogP contribution in [-0.4, -0.2) is 32.5 Å². The number of carbonyl (C=O) groups excluding carboxylic acids is 1. The molecule has 136 valence electrons. The highest BCUT2D eigenvalue weighted by molar-refractivity contribution is 5.92.